The average Bonchev–Trinajstić information content (AvgIpc) is 1.93. The second-order valence-corrected chi connectivity index (χ2v) is 3.19. The Bertz CT molecular complexity index is 235. The lowest BCUT2D eigenvalue weighted by Gasteiger charge is -1.98. The van der Waals surface area contributed by atoms with E-state index in [0.717, 1.165) is 6.07 Å². The molecular formula is C6H4BrF2P. The topological polar surface area (TPSA) is 0 Å². The fourth-order valence-corrected chi connectivity index (χ4v) is 1.08. The van der Waals surface area contributed by atoms with Gasteiger partial charge in [0, 0.05) is 9.78 Å². The smallest absolute Gasteiger partial charge is 0.167 e. The van der Waals surface area contributed by atoms with Gasteiger partial charge in [0.2, 0.25) is 0 Å². The molecule has 4 heteroatoms. The molecule has 0 heterocycles. The van der Waals surface area contributed by atoms with Gasteiger partial charge in [-0.1, -0.05) is 15.9 Å². The third kappa shape index (κ3) is 1.35. The van der Waals surface area contributed by atoms with Crippen molar-refractivity contribution in [3.8, 4) is 0 Å². The molecule has 1 atom stereocenters. The minimum Gasteiger partial charge on any atom is -0.204 e. The van der Waals surface area contributed by atoms with E-state index in [4.69, 9.17) is 0 Å². The number of hydrogen-bond donors (Lipinski definition) is 0. The highest BCUT2D eigenvalue weighted by molar-refractivity contribution is 9.10. The second-order valence-electron chi connectivity index (χ2n) is 1.76. The number of benzene rings is 1. The first-order valence-electron chi connectivity index (χ1n) is 2.52. The molecular weight excluding hydrogens is 221 g/mol. The van der Waals surface area contributed by atoms with Gasteiger partial charge in [0.1, 0.15) is 0 Å². The summed E-state index contributed by atoms with van der Waals surface area (Å²) in [6.45, 7) is 0. The summed E-state index contributed by atoms with van der Waals surface area (Å²) in [6.07, 6.45) is 0. The molecule has 0 saturated heterocycles. The van der Waals surface area contributed by atoms with E-state index >= 15 is 0 Å². The average molecular weight is 225 g/mol. The summed E-state index contributed by atoms with van der Waals surface area (Å²) in [5.41, 5.74) is 0. The molecule has 10 heavy (non-hydrogen) atoms. The van der Waals surface area contributed by atoms with Gasteiger partial charge in [0.05, 0.1) is 0 Å². The van der Waals surface area contributed by atoms with Crippen molar-refractivity contribution in [1.29, 1.82) is 0 Å². The molecule has 0 aromatic heterocycles. The number of rotatable bonds is 0. The van der Waals surface area contributed by atoms with Crippen LogP contribution in [0.4, 0.5) is 8.78 Å². The van der Waals surface area contributed by atoms with Crippen molar-refractivity contribution in [3.63, 3.8) is 0 Å². The molecule has 0 fully saturated rings. The molecule has 0 spiro atoms. The van der Waals surface area contributed by atoms with Crippen LogP contribution in [-0.4, -0.2) is 0 Å². The highest BCUT2D eigenvalue weighted by atomic mass is 79.9. The SMILES string of the molecule is Fc1ccc(Br)c(P)c1F. The lowest BCUT2D eigenvalue weighted by Crippen LogP contribution is -2.02. The number of halogens is 3. The summed E-state index contributed by atoms with van der Waals surface area (Å²) in [5, 5.41) is 0.222. The van der Waals surface area contributed by atoms with Crippen molar-refractivity contribution in [2.45, 2.75) is 0 Å². The summed E-state index contributed by atoms with van der Waals surface area (Å²) in [7, 11) is 2.12. The van der Waals surface area contributed by atoms with Gasteiger partial charge in [-0.05, 0) is 12.1 Å². The van der Waals surface area contributed by atoms with Crippen LogP contribution in [0.5, 0.6) is 0 Å². The van der Waals surface area contributed by atoms with Gasteiger partial charge in [-0.2, -0.15) is 0 Å². The van der Waals surface area contributed by atoms with Crippen LogP contribution in [0.2, 0.25) is 0 Å². The predicted molar refractivity (Wildman–Crippen MR) is 43.4 cm³/mol. The van der Waals surface area contributed by atoms with E-state index in [1.807, 2.05) is 0 Å². The molecule has 0 aliphatic heterocycles. The largest absolute Gasteiger partial charge is 0.204 e. The molecule has 0 amide bonds. The molecule has 0 aliphatic rings. The summed E-state index contributed by atoms with van der Waals surface area (Å²) >= 11 is 3.05. The first kappa shape index (κ1) is 8.09. The molecule has 0 bridgehead atoms. The molecule has 1 rings (SSSR count). The molecule has 0 aliphatic carbocycles. The van der Waals surface area contributed by atoms with Crippen LogP contribution >= 0.6 is 25.2 Å². The van der Waals surface area contributed by atoms with E-state index in [1.54, 1.807) is 0 Å². The minimum atomic E-state index is -0.826. The lowest BCUT2D eigenvalue weighted by molar-refractivity contribution is 0.514. The van der Waals surface area contributed by atoms with Crippen molar-refractivity contribution in [3.05, 3.63) is 28.2 Å². The lowest BCUT2D eigenvalue weighted by atomic mass is 10.3. The van der Waals surface area contributed by atoms with E-state index < -0.39 is 11.6 Å². The highest BCUT2D eigenvalue weighted by Crippen LogP contribution is 2.14. The summed E-state index contributed by atoms with van der Waals surface area (Å²) in [4.78, 5) is 0. The van der Waals surface area contributed by atoms with Crippen LogP contribution in [0.1, 0.15) is 0 Å². The third-order valence-electron chi connectivity index (χ3n) is 1.08. The van der Waals surface area contributed by atoms with Gasteiger partial charge in [-0.25, -0.2) is 8.78 Å². The maximum Gasteiger partial charge on any atom is 0.167 e. The zero-order chi connectivity index (χ0) is 7.72. The fourth-order valence-electron chi connectivity index (χ4n) is 0.543. The van der Waals surface area contributed by atoms with E-state index in [-0.39, 0.29) is 5.30 Å². The van der Waals surface area contributed by atoms with Gasteiger partial charge in [0.25, 0.3) is 0 Å². The molecule has 1 aromatic rings. The van der Waals surface area contributed by atoms with Crippen LogP contribution < -0.4 is 5.30 Å². The predicted octanol–water partition coefficient (Wildman–Crippen LogP) is 2.23. The Morgan fingerprint density at radius 2 is 1.90 bits per heavy atom. The van der Waals surface area contributed by atoms with Crippen molar-refractivity contribution >= 4 is 30.5 Å². The van der Waals surface area contributed by atoms with Crippen LogP contribution in [0.15, 0.2) is 16.6 Å². The molecule has 0 saturated carbocycles. The van der Waals surface area contributed by atoms with Gasteiger partial charge >= 0.3 is 0 Å². The summed E-state index contributed by atoms with van der Waals surface area (Å²) in [5.74, 6) is -1.65. The standard InChI is InChI=1S/C6H4BrF2P/c7-3-1-2-4(8)5(9)6(3)10/h1-2H,10H2. The Balaban J connectivity index is 3.34. The van der Waals surface area contributed by atoms with Crippen molar-refractivity contribution in [1.82, 2.24) is 0 Å². The van der Waals surface area contributed by atoms with E-state index in [9.17, 15) is 8.78 Å². The maximum atomic E-state index is 12.6. The van der Waals surface area contributed by atoms with E-state index in [1.165, 1.54) is 6.07 Å². The fraction of sp³-hybridized carbons (Fsp3) is 0. The second kappa shape index (κ2) is 2.93. The van der Waals surface area contributed by atoms with Crippen LogP contribution in [0.3, 0.4) is 0 Å². The monoisotopic (exact) mass is 224 g/mol. The zero-order valence-electron chi connectivity index (χ0n) is 4.87. The zero-order valence-corrected chi connectivity index (χ0v) is 7.61. The molecule has 1 unspecified atom stereocenters. The highest BCUT2D eigenvalue weighted by Gasteiger charge is 2.06. The van der Waals surface area contributed by atoms with Gasteiger partial charge in [0.15, 0.2) is 11.6 Å². The Morgan fingerprint density at radius 3 is 2.40 bits per heavy atom. The molecule has 0 nitrogen and oxygen atoms in total. The van der Waals surface area contributed by atoms with Crippen molar-refractivity contribution < 1.29 is 8.78 Å². The first-order valence-corrected chi connectivity index (χ1v) is 3.89. The van der Waals surface area contributed by atoms with E-state index in [0.29, 0.717) is 4.47 Å². The van der Waals surface area contributed by atoms with Crippen molar-refractivity contribution in [2.75, 3.05) is 0 Å². The van der Waals surface area contributed by atoms with Gasteiger partial charge in [-0.15, -0.1) is 9.24 Å². The van der Waals surface area contributed by atoms with Crippen LogP contribution in [0, 0.1) is 11.6 Å². The summed E-state index contributed by atoms with van der Waals surface area (Å²) in [6, 6.07) is 2.54. The Labute approximate surface area is 68.0 Å². The van der Waals surface area contributed by atoms with E-state index in [2.05, 4.69) is 25.2 Å². The molecule has 54 valence electrons. The molecule has 1 aromatic carbocycles. The van der Waals surface area contributed by atoms with Crippen LogP contribution in [0.25, 0.3) is 0 Å². The molecule has 0 radical (unpaired) electrons. The summed E-state index contributed by atoms with van der Waals surface area (Å²) < 4.78 is 25.5. The number of hydrogen-bond acceptors (Lipinski definition) is 0. The molecule has 0 N–H and O–H groups in total. The maximum absolute atomic E-state index is 12.6. The quantitative estimate of drug-likeness (QED) is 0.469. The normalized spacial score (nSPS) is 10.0. The Morgan fingerprint density at radius 1 is 1.30 bits per heavy atom. The van der Waals surface area contributed by atoms with Gasteiger partial charge in [-0.3, -0.25) is 0 Å². The Hall–Kier alpha value is -0.0100. The third-order valence-corrected chi connectivity index (χ3v) is 2.76. The first-order chi connectivity index (χ1) is 4.63. The van der Waals surface area contributed by atoms with Crippen molar-refractivity contribution in [2.24, 2.45) is 0 Å². The Kier molecular flexibility index (Phi) is 2.37. The van der Waals surface area contributed by atoms with Crippen LogP contribution in [-0.2, 0) is 0 Å². The van der Waals surface area contributed by atoms with Gasteiger partial charge < -0.3 is 0 Å². The minimum absolute atomic E-state index is 0.222.